The lowest BCUT2D eigenvalue weighted by Gasteiger charge is -2.31. The fourth-order valence-corrected chi connectivity index (χ4v) is 5.64. The topological polar surface area (TPSA) is 95.6 Å². The minimum atomic E-state index is -3.44. The highest BCUT2D eigenvalue weighted by Crippen LogP contribution is 2.23. The van der Waals surface area contributed by atoms with E-state index in [9.17, 15) is 18.0 Å². The minimum absolute atomic E-state index is 0.0646. The van der Waals surface area contributed by atoms with Gasteiger partial charge >= 0.3 is 0 Å². The van der Waals surface area contributed by atoms with Crippen LogP contribution in [0.2, 0.25) is 0 Å². The van der Waals surface area contributed by atoms with Crippen molar-refractivity contribution in [1.29, 1.82) is 0 Å². The highest BCUT2D eigenvalue weighted by Gasteiger charge is 2.32. The van der Waals surface area contributed by atoms with E-state index in [2.05, 4.69) is 10.6 Å². The molecule has 0 aliphatic carbocycles. The monoisotopic (exact) mass is 485 g/mol. The summed E-state index contributed by atoms with van der Waals surface area (Å²) in [5, 5.41) is 5.74. The van der Waals surface area contributed by atoms with Crippen molar-refractivity contribution >= 4 is 27.5 Å². The second-order valence-electron chi connectivity index (χ2n) is 9.24. The highest BCUT2D eigenvalue weighted by atomic mass is 32.2. The Labute approximate surface area is 203 Å². The molecule has 1 aliphatic heterocycles. The van der Waals surface area contributed by atoms with Crippen molar-refractivity contribution in [3.8, 4) is 0 Å². The van der Waals surface area contributed by atoms with Crippen LogP contribution in [0.4, 0.5) is 5.69 Å². The molecular weight excluding hydrogens is 450 g/mol. The Morgan fingerprint density at radius 2 is 1.76 bits per heavy atom. The van der Waals surface area contributed by atoms with Gasteiger partial charge in [-0.2, -0.15) is 0 Å². The largest absolute Gasteiger partial charge is 0.352 e. The van der Waals surface area contributed by atoms with E-state index in [1.807, 2.05) is 44.2 Å². The Morgan fingerprint density at radius 1 is 1.06 bits per heavy atom. The van der Waals surface area contributed by atoms with Gasteiger partial charge in [-0.1, -0.05) is 56.3 Å². The lowest BCUT2D eigenvalue weighted by atomic mass is 9.98. The van der Waals surface area contributed by atoms with Gasteiger partial charge in [-0.3, -0.25) is 9.59 Å². The van der Waals surface area contributed by atoms with Crippen molar-refractivity contribution in [3.63, 3.8) is 0 Å². The zero-order valence-corrected chi connectivity index (χ0v) is 20.8. The molecule has 2 amide bonds. The van der Waals surface area contributed by atoms with Gasteiger partial charge in [0.2, 0.25) is 15.9 Å². The molecule has 1 atom stereocenters. The van der Waals surface area contributed by atoms with Crippen LogP contribution in [0.1, 0.15) is 49.0 Å². The molecule has 2 N–H and O–H groups in total. The Hall–Kier alpha value is -2.71. The number of hydrogen-bond acceptors (Lipinski definition) is 4. The van der Waals surface area contributed by atoms with E-state index in [4.69, 9.17) is 0 Å². The van der Waals surface area contributed by atoms with Crippen molar-refractivity contribution in [2.45, 2.75) is 39.5 Å². The van der Waals surface area contributed by atoms with Crippen molar-refractivity contribution in [1.82, 2.24) is 9.62 Å². The molecule has 1 aliphatic rings. The zero-order valence-electron chi connectivity index (χ0n) is 20.0. The van der Waals surface area contributed by atoms with E-state index in [0.29, 0.717) is 55.9 Å². The van der Waals surface area contributed by atoms with Crippen LogP contribution in [0.15, 0.2) is 54.6 Å². The number of nitrogens with one attached hydrogen (secondary N) is 2. The molecule has 8 heteroatoms. The van der Waals surface area contributed by atoms with E-state index < -0.39 is 15.9 Å². The summed E-state index contributed by atoms with van der Waals surface area (Å²) in [4.78, 5) is 25.6. The van der Waals surface area contributed by atoms with Crippen LogP contribution < -0.4 is 10.6 Å². The summed E-state index contributed by atoms with van der Waals surface area (Å²) >= 11 is 0. The van der Waals surface area contributed by atoms with Crippen LogP contribution in [0.3, 0.4) is 0 Å². The number of sulfonamides is 1. The van der Waals surface area contributed by atoms with E-state index in [1.54, 1.807) is 24.3 Å². The maximum atomic E-state index is 13.0. The molecule has 2 aromatic rings. The van der Waals surface area contributed by atoms with Gasteiger partial charge < -0.3 is 10.6 Å². The summed E-state index contributed by atoms with van der Waals surface area (Å²) < 4.78 is 27.3. The summed E-state index contributed by atoms with van der Waals surface area (Å²) in [7, 11) is -3.44. The van der Waals surface area contributed by atoms with Crippen molar-refractivity contribution in [2.24, 2.45) is 11.8 Å². The molecule has 1 heterocycles. The summed E-state index contributed by atoms with van der Waals surface area (Å²) in [6, 6.07) is 16.7. The van der Waals surface area contributed by atoms with Gasteiger partial charge in [0.1, 0.15) is 0 Å². The van der Waals surface area contributed by atoms with Gasteiger partial charge in [0.05, 0.1) is 22.9 Å². The number of nitrogens with zero attached hydrogens (tertiary/aromatic N) is 1. The number of piperidine rings is 1. The van der Waals surface area contributed by atoms with Crippen LogP contribution >= 0.6 is 0 Å². The number of para-hydroxylation sites is 1. The van der Waals surface area contributed by atoms with Crippen molar-refractivity contribution < 1.29 is 18.0 Å². The van der Waals surface area contributed by atoms with Crippen LogP contribution in [-0.2, 0) is 21.2 Å². The molecule has 1 fully saturated rings. The number of carbonyl (C=O) groups excluding carboxylic acids is 2. The van der Waals surface area contributed by atoms with Gasteiger partial charge in [0.15, 0.2) is 0 Å². The Kier molecular flexibility index (Phi) is 9.24. The summed E-state index contributed by atoms with van der Waals surface area (Å²) in [5.74, 6) is -0.572. The molecule has 34 heavy (non-hydrogen) atoms. The summed E-state index contributed by atoms with van der Waals surface area (Å²) in [6.07, 6.45) is 2.49. The number of amides is 2. The number of benzene rings is 2. The molecule has 0 unspecified atom stereocenters. The second kappa shape index (κ2) is 12.1. The van der Waals surface area contributed by atoms with E-state index in [1.165, 1.54) is 4.31 Å². The van der Waals surface area contributed by atoms with Crippen LogP contribution in [0.25, 0.3) is 0 Å². The van der Waals surface area contributed by atoms with Gasteiger partial charge in [-0.05, 0) is 49.3 Å². The average molecular weight is 486 g/mol. The first-order valence-electron chi connectivity index (χ1n) is 12.0. The third-order valence-electron chi connectivity index (χ3n) is 5.96. The first-order chi connectivity index (χ1) is 16.3. The first kappa shape index (κ1) is 25.9. The predicted octanol–water partition coefficient (Wildman–Crippen LogP) is 3.69. The molecule has 7 nitrogen and oxygen atoms in total. The predicted molar refractivity (Wildman–Crippen MR) is 135 cm³/mol. The number of rotatable bonds is 10. The highest BCUT2D eigenvalue weighted by molar-refractivity contribution is 7.89. The molecule has 1 saturated heterocycles. The molecule has 2 aromatic carbocycles. The summed E-state index contributed by atoms with van der Waals surface area (Å²) in [5.41, 5.74) is 1.96. The fourth-order valence-electron chi connectivity index (χ4n) is 4.06. The van der Waals surface area contributed by atoms with E-state index >= 15 is 0 Å². The third-order valence-corrected chi connectivity index (χ3v) is 7.88. The Bertz CT molecular complexity index is 1070. The van der Waals surface area contributed by atoms with Crippen LogP contribution in [0, 0.1) is 11.8 Å². The lowest BCUT2D eigenvalue weighted by Crippen LogP contribution is -2.44. The lowest BCUT2D eigenvalue weighted by molar-refractivity contribution is -0.120. The van der Waals surface area contributed by atoms with Gasteiger partial charge in [-0.15, -0.1) is 0 Å². The van der Waals surface area contributed by atoms with Gasteiger partial charge in [0, 0.05) is 19.6 Å². The smallest absolute Gasteiger partial charge is 0.253 e. The number of anilines is 1. The number of aryl methyl sites for hydroxylation is 1. The van der Waals surface area contributed by atoms with Crippen LogP contribution in [0.5, 0.6) is 0 Å². The average Bonchev–Trinajstić information content (AvgIpc) is 2.83. The molecule has 0 spiro atoms. The molecule has 0 radical (unpaired) electrons. The molecule has 0 saturated carbocycles. The molecule has 3 rings (SSSR count). The first-order valence-corrected chi connectivity index (χ1v) is 13.6. The van der Waals surface area contributed by atoms with Crippen LogP contribution in [-0.4, -0.2) is 49.9 Å². The van der Waals surface area contributed by atoms with Crippen molar-refractivity contribution in [3.05, 3.63) is 65.7 Å². The number of carbonyl (C=O) groups is 2. The second-order valence-corrected chi connectivity index (χ2v) is 11.3. The zero-order chi connectivity index (χ0) is 24.6. The summed E-state index contributed by atoms with van der Waals surface area (Å²) in [6.45, 7) is 5.17. The van der Waals surface area contributed by atoms with Crippen molar-refractivity contribution in [2.75, 3.05) is 30.7 Å². The normalized spacial score (nSPS) is 16.9. The SMILES string of the molecule is CC(C)CNC(=O)c1ccccc1NC(=O)[C@H]1CCCN(S(=O)(=O)CCCc2ccccc2)C1. The third kappa shape index (κ3) is 7.40. The maximum absolute atomic E-state index is 13.0. The fraction of sp³-hybridized carbons (Fsp3) is 0.462. The molecular formula is C26H35N3O4S. The molecule has 0 aromatic heterocycles. The van der Waals surface area contributed by atoms with E-state index in [-0.39, 0.29) is 24.1 Å². The Balaban J connectivity index is 1.58. The van der Waals surface area contributed by atoms with E-state index in [0.717, 1.165) is 5.56 Å². The standard InChI is InChI=1S/C26H35N3O4S/c1-20(2)18-27-26(31)23-14-6-7-15-24(23)28-25(30)22-13-8-16-29(19-22)34(32,33)17-9-12-21-10-4-3-5-11-21/h3-7,10-11,14-15,20,22H,8-9,12-13,16-19H2,1-2H3,(H,27,31)(H,28,30)/t22-/m0/s1. The minimum Gasteiger partial charge on any atom is -0.352 e. The van der Waals surface area contributed by atoms with Gasteiger partial charge in [0.25, 0.3) is 5.91 Å². The molecule has 184 valence electrons. The van der Waals surface area contributed by atoms with Gasteiger partial charge in [-0.25, -0.2) is 12.7 Å². The number of hydrogen-bond donors (Lipinski definition) is 2. The Morgan fingerprint density at radius 3 is 2.50 bits per heavy atom. The maximum Gasteiger partial charge on any atom is 0.253 e. The molecule has 0 bridgehead atoms. The quantitative estimate of drug-likeness (QED) is 0.537.